The van der Waals surface area contributed by atoms with Gasteiger partial charge in [0.2, 0.25) is 5.43 Å². The smallest absolute Gasteiger partial charge is 0.256 e. The summed E-state index contributed by atoms with van der Waals surface area (Å²) in [4.78, 5) is 25.1. The van der Waals surface area contributed by atoms with E-state index in [1.807, 2.05) is 36.6 Å². The molecular weight excluding hydrogens is 292 g/mol. The van der Waals surface area contributed by atoms with Crippen LogP contribution in [-0.2, 0) is 11.3 Å². The first-order valence-corrected chi connectivity index (χ1v) is 8.13. The van der Waals surface area contributed by atoms with Crippen LogP contribution in [0.5, 0.6) is 0 Å². The van der Waals surface area contributed by atoms with Crippen molar-refractivity contribution in [2.75, 3.05) is 13.2 Å². The Morgan fingerprint density at radius 1 is 1.43 bits per heavy atom. The molecule has 1 atom stereocenters. The number of rotatable bonds is 4. The van der Waals surface area contributed by atoms with Crippen LogP contribution in [0.3, 0.4) is 0 Å². The van der Waals surface area contributed by atoms with Gasteiger partial charge in [0.05, 0.1) is 11.6 Å². The van der Waals surface area contributed by atoms with Crippen molar-refractivity contribution < 1.29 is 9.53 Å². The lowest BCUT2D eigenvalue weighted by molar-refractivity contribution is 0.0856. The summed E-state index contributed by atoms with van der Waals surface area (Å²) in [5.41, 5.74) is 1.86. The van der Waals surface area contributed by atoms with Crippen LogP contribution in [0, 0.1) is 6.92 Å². The van der Waals surface area contributed by atoms with E-state index in [9.17, 15) is 9.59 Å². The van der Waals surface area contributed by atoms with E-state index in [0.717, 1.165) is 30.5 Å². The molecule has 0 spiro atoms. The lowest BCUT2D eigenvalue weighted by atomic mass is 10.1. The van der Waals surface area contributed by atoms with Crippen LogP contribution < -0.4 is 10.7 Å². The molecule has 1 saturated heterocycles. The van der Waals surface area contributed by atoms with Crippen LogP contribution in [0.25, 0.3) is 10.9 Å². The second-order valence-electron chi connectivity index (χ2n) is 6.02. The molecule has 1 aromatic carbocycles. The van der Waals surface area contributed by atoms with Crippen molar-refractivity contribution in [1.82, 2.24) is 9.88 Å². The number of carbonyl (C=O) groups is 1. The molecule has 0 saturated carbocycles. The van der Waals surface area contributed by atoms with Crippen molar-refractivity contribution in [3.05, 3.63) is 45.7 Å². The summed E-state index contributed by atoms with van der Waals surface area (Å²) in [7, 11) is 0. The largest absolute Gasteiger partial charge is 0.376 e. The van der Waals surface area contributed by atoms with E-state index in [1.54, 1.807) is 6.20 Å². The Morgan fingerprint density at radius 3 is 2.96 bits per heavy atom. The number of benzene rings is 1. The molecule has 1 amide bonds. The van der Waals surface area contributed by atoms with E-state index in [4.69, 9.17) is 4.74 Å². The minimum atomic E-state index is -0.323. The maximum Gasteiger partial charge on any atom is 0.256 e. The fraction of sp³-hybridized carbons (Fsp3) is 0.444. The molecule has 1 aliphatic rings. The van der Waals surface area contributed by atoms with Gasteiger partial charge < -0.3 is 14.6 Å². The van der Waals surface area contributed by atoms with Crippen molar-refractivity contribution in [1.29, 1.82) is 0 Å². The van der Waals surface area contributed by atoms with Crippen LogP contribution in [-0.4, -0.2) is 29.7 Å². The lowest BCUT2D eigenvalue weighted by Crippen LogP contribution is -2.35. The molecule has 0 radical (unpaired) electrons. The zero-order valence-corrected chi connectivity index (χ0v) is 13.6. The Hall–Kier alpha value is -2.14. The van der Waals surface area contributed by atoms with Gasteiger partial charge in [-0.2, -0.15) is 0 Å². The number of aryl methyl sites for hydroxylation is 2. The number of amides is 1. The highest BCUT2D eigenvalue weighted by Crippen LogP contribution is 2.15. The van der Waals surface area contributed by atoms with Gasteiger partial charge in [-0.1, -0.05) is 11.6 Å². The molecular formula is C18H22N2O3. The van der Waals surface area contributed by atoms with E-state index < -0.39 is 0 Å². The number of carbonyl (C=O) groups excluding carboxylic acids is 1. The average Bonchev–Trinajstić information content (AvgIpc) is 3.07. The van der Waals surface area contributed by atoms with Gasteiger partial charge in [-0.3, -0.25) is 9.59 Å². The molecule has 0 bridgehead atoms. The van der Waals surface area contributed by atoms with Crippen LogP contribution in [0.1, 0.15) is 35.7 Å². The minimum Gasteiger partial charge on any atom is -0.376 e. The maximum absolute atomic E-state index is 12.7. The van der Waals surface area contributed by atoms with Gasteiger partial charge in [-0.05, 0) is 38.8 Å². The summed E-state index contributed by atoms with van der Waals surface area (Å²) >= 11 is 0. The molecule has 23 heavy (non-hydrogen) atoms. The van der Waals surface area contributed by atoms with Crippen molar-refractivity contribution in [2.45, 2.75) is 39.3 Å². The quantitative estimate of drug-likeness (QED) is 0.941. The van der Waals surface area contributed by atoms with Gasteiger partial charge in [-0.25, -0.2) is 0 Å². The topological polar surface area (TPSA) is 60.3 Å². The van der Waals surface area contributed by atoms with Gasteiger partial charge in [0.25, 0.3) is 5.91 Å². The molecule has 0 aliphatic carbocycles. The average molecular weight is 314 g/mol. The van der Waals surface area contributed by atoms with E-state index in [1.165, 1.54) is 0 Å². The number of hydrogen-bond donors (Lipinski definition) is 1. The predicted molar refractivity (Wildman–Crippen MR) is 89.9 cm³/mol. The Balaban J connectivity index is 1.94. The zero-order chi connectivity index (χ0) is 16.4. The number of fused-ring (bicyclic) bond motifs is 1. The molecule has 2 aromatic rings. The molecule has 5 nitrogen and oxygen atoms in total. The number of aromatic nitrogens is 1. The van der Waals surface area contributed by atoms with Gasteiger partial charge in [-0.15, -0.1) is 0 Å². The summed E-state index contributed by atoms with van der Waals surface area (Å²) in [5, 5.41) is 3.43. The Bertz CT molecular complexity index is 789. The molecule has 2 heterocycles. The fourth-order valence-corrected chi connectivity index (χ4v) is 3.04. The first kappa shape index (κ1) is 15.7. The minimum absolute atomic E-state index is 0.0649. The third-order valence-electron chi connectivity index (χ3n) is 4.34. The van der Waals surface area contributed by atoms with Gasteiger partial charge >= 0.3 is 0 Å². The second-order valence-corrected chi connectivity index (χ2v) is 6.02. The van der Waals surface area contributed by atoms with Crippen LogP contribution >= 0.6 is 0 Å². The van der Waals surface area contributed by atoms with E-state index in [2.05, 4.69) is 5.32 Å². The van der Waals surface area contributed by atoms with Crippen molar-refractivity contribution in [2.24, 2.45) is 0 Å². The Morgan fingerprint density at radius 2 is 2.26 bits per heavy atom. The normalized spacial score (nSPS) is 17.6. The first-order valence-electron chi connectivity index (χ1n) is 8.13. The van der Waals surface area contributed by atoms with Crippen LogP contribution in [0.4, 0.5) is 0 Å². The van der Waals surface area contributed by atoms with Crippen molar-refractivity contribution in [3.8, 4) is 0 Å². The zero-order valence-electron chi connectivity index (χ0n) is 13.6. The first-order chi connectivity index (χ1) is 11.1. The predicted octanol–water partition coefficient (Wildman–Crippen LogP) is 2.24. The molecule has 5 heteroatoms. The Labute approximate surface area is 135 Å². The number of ether oxygens (including phenoxy) is 1. The van der Waals surface area contributed by atoms with Crippen LogP contribution in [0.2, 0.25) is 0 Å². The Kier molecular flexibility index (Phi) is 4.48. The van der Waals surface area contributed by atoms with Gasteiger partial charge in [0, 0.05) is 31.3 Å². The summed E-state index contributed by atoms with van der Waals surface area (Å²) in [6, 6.07) is 5.76. The summed E-state index contributed by atoms with van der Waals surface area (Å²) in [6.45, 7) is 5.84. The van der Waals surface area contributed by atoms with Gasteiger partial charge in [0.1, 0.15) is 5.56 Å². The molecule has 1 aliphatic heterocycles. The highest BCUT2D eigenvalue weighted by molar-refractivity contribution is 5.97. The summed E-state index contributed by atoms with van der Waals surface area (Å²) in [6.07, 6.45) is 3.70. The number of pyridine rings is 1. The standard InChI is InChI=1S/C18H22N2O3/c1-3-20-11-15(18(22)19-10-13-5-4-8-23-13)17(21)14-9-12(2)6-7-16(14)20/h6-7,9,11,13H,3-5,8,10H2,1-2H3,(H,19,22)/t13-/m1/s1. The maximum atomic E-state index is 12.7. The lowest BCUT2D eigenvalue weighted by Gasteiger charge is -2.14. The van der Waals surface area contributed by atoms with Gasteiger partial charge in [0.15, 0.2) is 0 Å². The SMILES string of the molecule is CCn1cc(C(=O)NC[C@H]2CCCO2)c(=O)c2cc(C)ccc21. The third kappa shape index (κ3) is 3.15. The molecule has 1 aromatic heterocycles. The van der Waals surface area contributed by atoms with E-state index in [-0.39, 0.29) is 23.0 Å². The molecule has 122 valence electrons. The van der Waals surface area contributed by atoms with Crippen LogP contribution in [0.15, 0.2) is 29.2 Å². The van der Waals surface area contributed by atoms with Crippen molar-refractivity contribution in [3.63, 3.8) is 0 Å². The van der Waals surface area contributed by atoms with Crippen molar-refractivity contribution >= 4 is 16.8 Å². The summed E-state index contributed by atoms with van der Waals surface area (Å²) in [5.74, 6) is -0.323. The number of nitrogens with zero attached hydrogens (tertiary/aromatic N) is 1. The molecule has 3 rings (SSSR count). The highest BCUT2D eigenvalue weighted by atomic mass is 16.5. The number of nitrogens with one attached hydrogen (secondary N) is 1. The number of hydrogen-bond acceptors (Lipinski definition) is 3. The fourth-order valence-electron chi connectivity index (χ4n) is 3.04. The third-order valence-corrected chi connectivity index (χ3v) is 4.34. The monoisotopic (exact) mass is 314 g/mol. The molecule has 1 fully saturated rings. The van der Waals surface area contributed by atoms with E-state index in [0.29, 0.717) is 18.5 Å². The highest BCUT2D eigenvalue weighted by Gasteiger charge is 2.19. The summed E-state index contributed by atoms with van der Waals surface area (Å²) < 4.78 is 7.44. The van der Waals surface area contributed by atoms with E-state index >= 15 is 0 Å². The molecule has 0 unspecified atom stereocenters. The second kappa shape index (κ2) is 6.54. The molecule has 1 N–H and O–H groups in total.